The summed E-state index contributed by atoms with van der Waals surface area (Å²) >= 11 is 6.18. The second kappa shape index (κ2) is 11.9. The third-order valence-electron chi connectivity index (χ3n) is 6.30. The lowest BCUT2D eigenvalue weighted by atomic mass is 10.1. The molecular formula is C29H32ClN3O2. The van der Waals surface area contributed by atoms with Crippen LogP contribution in [0.3, 0.4) is 0 Å². The van der Waals surface area contributed by atoms with Crippen molar-refractivity contribution in [2.75, 3.05) is 13.2 Å². The van der Waals surface area contributed by atoms with Crippen molar-refractivity contribution >= 4 is 28.5 Å². The summed E-state index contributed by atoms with van der Waals surface area (Å²) in [4.78, 5) is 17.2. The van der Waals surface area contributed by atoms with Crippen molar-refractivity contribution in [1.29, 1.82) is 0 Å². The smallest absolute Gasteiger partial charge is 0.224 e. The zero-order chi connectivity index (χ0) is 24.6. The lowest BCUT2D eigenvalue weighted by molar-refractivity contribution is -0.120. The van der Waals surface area contributed by atoms with Crippen molar-refractivity contribution in [3.63, 3.8) is 0 Å². The summed E-state index contributed by atoms with van der Waals surface area (Å²) in [5.74, 6) is 1.91. The Morgan fingerprint density at radius 3 is 2.66 bits per heavy atom. The van der Waals surface area contributed by atoms with Crippen LogP contribution < -0.4 is 10.1 Å². The fourth-order valence-corrected chi connectivity index (χ4v) is 4.39. The molecule has 4 rings (SSSR count). The molecule has 0 unspecified atom stereocenters. The lowest BCUT2D eigenvalue weighted by Gasteiger charge is -2.12. The minimum absolute atomic E-state index is 0.0376. The number of carbonyl (C=O) groups is 1. The Morgan fingerprint density at radius 2 is 1.80 bits per heavy atom. The molecule has 0 bridgehead atoms. The number of nitrogens with one attached hydrogen (secondary N) is 1. The van der Waals surface area contributed by atoms with Crippen LogP contribution in [-0.4, -0.2) is 28.6 Å². The first kappa shape index (κ1) is 24.8. The molecule has 1 heterocycles. The molecule has 35 heavy (non-hydrogen) atoms. The Morgan fingerprint density at radius 1 is 1.00 bits per heavy atom. The number of halogens is 1. The number of unbranched alkanes of at least 4 members (excludes halogenated alkanes) is 1. The zero-order valence-corrected chi connectivity index (χ0v) is 21.1. The van der Waals surface area contributed by atoms with Crippen LogP contribution in [0.4, 0.5) is 0 Å². The van der Waals surface area contributed by atoms with Crippen molar-refractivity contribution < 1.29 is 9.53 Å². The average molecular weight is 490 g/mol. The normalized spacial score (nSPS) is 11.1. The van der Waals surface area contributed by atoms with Gasteiger partial charge in [0.15, 0.2) is 0 Å². The first-order valence-electron chi connectivity index (χ1n) is 12.2. The number of carbonyl (C=O) groups excluding carboxylic acids is 1. The number of nitrogens with zero attached hydrogens (tertiary/aromatic N) is 2. The van der Waals surface area contributed by atoms with Gasteiger partial charge in [0.25, 0.3) is 0 Å². The molecule has 0 aliphatic carbocycles. The van der Waals surface area contributed by atoms with Gasteiger partial charge < -0.3 is 14.6 Å². The average Bonchev–Trinajstić information content (AvgIpc) is 3.20. The third-order valence-corrected chi connectivity index (χ3v) is 6.67. The van der Waals surface area contributed by atoms with Crippen LogP contribution in [-0.2, 0) is 24.2 Å². The van der Waals surface area contributed by atoms with Crippen LogP contribution in [0.15, 0.2) is 66.7 Å². The van der Waals surface area contributed by atoms with Gasteiger partial charge in [0.05, 0.1) is 24.1 Å². The van der Waals surface area contributed by atoms with Crippen LogP contribution in [0.1, 0.15) is 35.4 Å². The molecular weight excluding hydrogens is 458 g/mol. The number of hydrogen-bond acceptors (Lipinski definition) is 3. The zero-order valence-electron chi connectivity index (χ0n) is 20.4. The SMILES string of the molecule is Cc1cccc(OCCCCn2c(CCNC(=O)Cc3ccccc3Cl)nc3ccccc32)c1C. The molecule has 0 radical (unpaired) electrons. The molecule has 3 aromatic carbocycles. The number of aromatic nitrogens is 2. The van der Waals surface area contributed by atoms with Crippen LogP contribution in [0.2, 0.25) is 5.02 Å². The van der Waals surface area contributed by atoms with Crippen LogP contribution >= 0.6 is 11.6 Å². The minimum atomic E-state index is -0.0376. The summed E-state index contributed by atoms with van der Waals surface area (Å²) < 4.78 is 8.29. The first-order chi connectivity index (χ1) is 17.0. The lowest BCUT2D eigenvalue weighted by Crippen LogP contribution is -2.28. The maximum atomic E-state index is 12.4. The number of hydrogen-bond donors (Lipinski definition) is 1. The van der Waals surface area contributed by atoms with E-state index in [0.717, 1.165) is 47.6 Å². The molecule has 0 saturated heterocycles. The van der Waals surface area contributed by atoms with E-state index < -0.39 is 0 Å². The molecule has 0 spiro atoms. The standard InChI is InChI=1S/C29H32ClN3O2/c1-21-10-9-15-27(22(21)2)35-19-8-7-18-33-26-14-6-5-13-25(26)32-28(33)16-17-31-29(34)20-23-11-3-4-12-24(23)30/h3-6,9-15H,7-8,16-20H2,1-2H3,(H,31,34). The number of fused-ring (bicyclic) bond motifs is 1. The van der Waals surface area contributed by atoms with E-state index in [1.165, 1.54) is 11.1 Å². The molecule has 0 fully saturated rings. The van der Waals surface area contributed by atoms with Gasteiger partial charge in [0, 0.05) is 24.5 Å². The monoisotopic (exact) mass is 489 g/mol. The predicted molar refractivity (Wildman–Crippen MR) is 142 cm³/mol. The Balaban J connectivity index is 1.31. The molecule has 0 atom stereocenters. The largest absolute Gasteiger partial charge is 0.493 e. The fraction of sp³-hybridized carbons (Fsp3) is 0.310. The van der Waals surface area contributed by atoms with Crippen LogP contribution in [0, 0.1) is 13.8 Å². The fourth-order valence-electron chi connectivity index (χ4n) is 4.19. The Bertz CT molecular complexity index is 1300. The molecule has 0 aliphatic heterocycles. The van der Waals surface area contributed by atoms with E-state index in [2.05, 4.69) is 35.9 Å². The van der Waals surface area contributed by atoms with Gasteiger partial charge in [-0.25, -0.2) is 4.98 Å². The quantitative estimate of drug-likeness (QED) is 0.260. The van der Waals surface area contributed by atoms with Crippen LogP contribution in [0.25, 0.3) is 11.0 Å². The summed E-state index contributed by atoms with van der Waals surface area (Å²) in [5, 5.41) is 3.63. The van der Waals surface area contributed by atoms with Gasteiger partial charge in [-0.05, 0) is 67.6 Å². The van der Waals surface area contributed by atoms with E-state index in [1.54, 1.807) is 6.07 Å². The number of amides is 1. The molecule has 6 heteroatoms. The summed E-state index contributed by atoms with van der Waals surface area (Å²) in [5.41, 5.74) is 5.39. The van der Waals surface area contributed by atoms with E-state index in [4.69, 9.17) is 21.3 Å². The van der Waals surface area contributed by atoms with E-state index >= 15 is 0 Å². The molecule has 182 valence electrons. The maximum absolute atomic E-state index is 12.4. The summed E-state index contributed by atoms with van der Waals surface area (Å²) in [6, 6.07) is 21.8. The number of rotatable bonds is 11. The second-order valence-corrected chi connectivity index (χ2v) is 9.20. The van der Waals surface area contributed by atoms with E-state index in [9.17, 15) is 4.79 Å². The summed E-state index contributed by atoms with van der Waals surface area (Å²) in [6.45, 7) is 6.28. The highest BCUT2D eigenvalue weighted by atomic mass is 35.5. The number of para-hydroxylation sites is 2. The molecule has 1 N–H and O–H groups in total. The second-order valence-electron chi connectivity index (χ2n) is 8.79. The van der Waals surface area contributed by atoms with Gasteiger partial charge in [0.2, 0.25) is 5.91 Å². The minimum Gasteiger partial charge on any atom is -0.493 e. The third kappa shape index (κ3) is 6.43. The highest BCUT2D eigenvalue weighted by Gasteiger charge is 2.12. The Hall–Kier alpha value is -3.31. The van der Waals surface area contributed by atoms with E-state index in [0.29, 0.717) is 24.6 Å². The molecule has 1 amide bonds. The van der Waals surface area contributed by atoms with Crippen molar-refractivity contribution in [2.24, 2.45) is 0 Å². The number of imidazole rings is 1. The summed E-state index contributed by atoms with van der Waals surface area (Å²) in [6.07, 6.45) is 2.88. The molecule has 5 nitrogen and oxygen atoms in total. The molecule has 0 aliphatic rings. The predicted octanol–water partition coefficient (Wildman–Crippen LogP) is 6.07. The number of aryl methyl sites for hydroxylation is 2. The van der Waals surface area contributed by atoms with Crippen molar-refractivity contribution in [2.45, 2.75) is 46.1 Å². The van der Waals surface area contributed by atoms with Gasteiger partial charge in [-0.2, -0.15) is 0 Å². The van der Waals surface area contributed by atoms with Crippen molar-refractivity contribution in [3.05, 3.63) is 94.3 Å². The van der Waals surface area contributed by atoms with Crippen molar-refractivity contribution in [1.82, 2.24) is 14.9 Å². The van der Waals surface area contributed by atoms with Gasteiger partial charge in [-0.3, -0.25) is 4.79 Å². The first-order valence-corrected chi connectivity index (χ1v) is 12.5. The molecule has 4 aromatic rings. The van der Waals surface area contributed by atoms with Gasteiger partial charge in [0.1, 0.15) is 11.6 Å². The number of ether oxygens (including phenoxy) is 1. The highest BCUT2D eigenvalue weighted by molar-refractivity contribution is 6.31. The van der Waals surface area contributed by atoms with Gasteiger partial charge >= 0.3 is 0 Å². The highest BCUT2D eigenvalue weighted by Crippen LogP contribution is 2.21. The molecule has 0 saturated carbocycles. The molecule has 1 aromatic heterocycles. The van der Waals surface area contributed by atoms with Gasteiger partial charge in [-0.15, -0.1) is 0 Å². The summed E-state index contributed by atoms with van der Waals surface area (Å²) in [7, 11) is 0. The van der Waals surface area contributed by atoms with E-state index in [-0.39, 0.29) is 12.3 Å². The van der Waals surface area contributed by atoms with Crippen molar-refractivity contribution in [3.8, 4) is 5.75 Å². The Kier molecular flexibility index (Phi) is 8.43. The van der Waals surface area contributed by atoms with Crippen LogP contribution in [0.5, 0.6) is 5.75 Å². The van der Waals surface area contributed by atoms with Gasteiger partial charge in [-0.1, -0.05) is 54.1 Å². The Labute approximate surface area is 212 Å². The topological polar surface area (TPSA) is 56.1 Å². The van der Waals surface area contributed by atoms with E-state index in [1.807, 2.05) is 48.5 Å². The number of benzene rings is 3. The maximum Gasteiger partial charge on any atom is 0.224 e.